The number of aryl methyl sites for hydroxylation is 1. The molecule has 0 saturated heterocycles. The first-order valence-electron chi connectivity index (χ1n) is 6.64. The predicted molar refractivity (Wildman–Crippen MR) is 72.2 cm³/mol. The van der Waals surface area contributed by atoms with E-state index in [1.807, 2.05) is 19.1 Å². The van der Waals surface area contributed by atoms with Gasteiger partial charge in [0.05, 0.1) is 11.4 Å². The lowest BCUT2D eigenvalue weighted by Gasteiger charge is -2.28. The average Bonchev–Trinajstić information content (AvgIpc) is 2.35. The Kier molecular flexibility index (Phi) is 4.31. The molecule has 2 rings (SSSR count). The van der Waals surface area contributed by atoms with Crippen LogP contribution in [0.1, 0.15) is 37.8 Å². The molecule has 4 heteroatoms. The van der Waals surface area contributed by atoms with Gasteiger partial charge in [-0.05, 0) is 37.8 Å². The van der Waals surface area contributed by atoms with E-state index < -0.39 is 0 Å². The number of hydrogen-bond donors (Lipinski definition) is 2. The van der Waals surface area contributed by atoms with Crippen molar-refractivity contribution < 1.29 is 4.79 Å². The number of carbonyl (C=O) groups excluding carboxylic acids is 1. The van der Waals surface area contributed by atoms with Crippen LogP contribution < -0.4 is 11.1 Å². The Hall–Kier alpha value is -1.42. The van der Waals surface area contributed by atoms with Crippen molar-refractivity contribution in [3.05, 3.63) is 24.0 Å². The number of hydrogen-bond acceptors (Lipinski definition) is 3. The molecule has 0 bridgehead atoms. The number of rotatable bonds is 3. The zero-order valence-electron chi connectivity index (χ0n) is 10.9. The summed E-state index contributed by atoms with van der Waals surface area (Å²) < 4.78 is 0. The van der Waals surface area contributed by atoms with Crippen LogP contribution >= 0.6 is 0 Å². The third-order valence-corrected chi connectivity index (χ3v) is 3.70. The summed E-state index contributed by atoms with van der Waals surface area (Å²) in [5.41, 5.74) is 7.70. The quantitative estimate of drug-likeness (QED) is 0.860. The zero-order valence-corrected chi connectivity index (χ0v) is 10.9. The Morgan fingerprint density at radius 3 is 3.00 bits per heavy atom. The zero-order chi connectivity index (χ0) is 13.0. The predicted octanol–water partition coefficient (Wildman–Crippen LogP) is 2.24. The van der Waals surface area contributed by atoms with Crippen LogP contribution in [0.15, 0.2) is 18.3 Å². The second kappa shape index (κ2) is 5.96. The molecular weight excluding hydrogens is 226 g/mol. The van der Waals surface area contributed by atoms with Crippen LogP contribution in [0.25, 0.3) is 0 Å². The highest BCUT2D eigenvalue weighted by Gasteiger charge is 2.24. The largest absolute Gasteiger partial charge is 0.327 e. The molecule has 98 valence electrons. The Labute approximate surface area is 108 Å². The fraction of sp³-hybridized carbons (Fsp3) is 0.571. The van der Waals surface area contributed by atoms with E-state index in [0.29, 0.717) is 12.3 Å². The van der Waals surface area contributed by atoms with Gasteiger partial charge in [-0.3, -0.25) is 9.78 Å². The molecule has 0 radical (unpaired) electrons. The Balaban J connectivity index is 1.90. The highest BCUT2D eigenvalue weighted by atomic mass is 16.1. The molecule has 1 heterocycles. The van der Waals surface area contributed by atoms with Crippen molar-refractivity contribution in [3.8, 4) is 0 Å². The highest BCUT2D eigenvalue weighted by Crippen LogP contribution is 2.26. The van der Waals surface area contributed by atoms with Gasteiger partial charge in [-0.25, -0.2) is 0 Å². The van der Waals surface area contributed by atoms with E-state index >= 15 is 0 Å². The molecule has 1 fully saturated rings. The van der Waals surface area contributed by atoms with E-state index in [0.717, 1.165) is 24.2 Å². The number of aromatic nitrogens is 1. The van der Waals surface area contributed by atoms with Crippen molar-refractivity contribution in [3.63, 3.8) is 0 Å². The first-order valence-corrected chi connectivity index (χ1v) is 6.64. The van der Waals surface area contributed by atoms with E-state index in [9.17, 15) is 4.79 Å². The summed E-state index contributed by atoms with van der Waals surface area (Å²) in [6, 6.07) is 3.88. The Bertz CT molecular complexity index is 419. The van der Waals surface area contributed by atoms with E-state index in [1.54, 1.807) is 6.20 Å². The van der Waals surface area contributed by atoms with Gasteiger partial charge in [0.15, 0.2) is 0 Å². The molecule has 0 aliphatic heterocycles. The molecule has 0 spiro atoms. The molecule has 1 aromatic rings. The summed E-state index contributed by atoms with van der Waals surface area (Å²) >= 11 is 0. The summed E-state index contributed by atoms with van der Waals surface area (Å²) in [6.45, 7) is 1.89. The fourth-order valence-corrected chi connectivity index (χ4v) is 2.55. The van der Waals surface area contributed by atoms with Crippen LogP contribution in [0.3, 0.4) is 0 Å². The van der Waals surface area contributed by atoms with Crippen molar-refractivity contribution in [1.29, 1.82) is 0 Å². The SMILES string of the molecule is Cc1ncccc1NC(=O)CC1CCCCC1N. The van der Waals surface area contributed by atoms with Gasteiger partial charge in [0.25, 0.3) is 0 Å². The minimum absolute atomic E-state index is 0.0495. The van der Waals surface area contributed by atoms with Crippen LogP contribution in [0.4, 0.5) is 5.69 Å². The number of pyridine rings is 1. The number of carbonyl (C=O) groups is 1. The Morgan fingerprint density at radius 1 is 1.50 bits per heavy atom. The lowest BCUT2D eigenvalue weighted by Crippen LogP contribution is -2.35. The molecule has 2 atom stereocenters. The Morgan fingerprint density at radius 2 is 2.28 bits per heavy atom. The molecule has 2 unspecified atom stereocenters. The van der Waals surface area contributed by atoms with Crippen molar-refractivity contribution >= 4 is 11.6 Å². The van der Waals surface area contributed by atoms with Gasteiger partial charge in [-0.2, -0.15) is 0 Å². The number of nitrogens with two attached hydrogens (primary N) is 1. The molecule has 4 nitrogen and oxygen atoms in total. The van der Waals surface area contributed by atoms with Crippen molar-refractivity contribution in [2.45, 2.75) is 45.1 Å². The summed E-state index contributed by atoms with van der Waals surface area (Å²) in [7, 11) is 0. The van der Waals surface area contributed by atoms with Crippen LogP contribution in [-0.2, 0) is 4.79 Å². The maximum atomic E-state index is 12.0. The van der Waals surface area contributed by atoms with Gasteiger partial charge in [0.2, 0.25) is 5.91 Å². The topological polar surface area (TPSA) is 68.0 Å². The molecule has 1 saturated carbocycles. The van der Waals surface area contributed by atoms with Gasteiger partial charge >= 0.3 is 0 Å². The minimum Gasteiger partial charge on any atom is -0.327 e. The normalized spacial score (nSPS) is 23.7. The van der Waals surface area contributed by atoms with Crippen LogP contribution in [-0.4, -0.2) is 16.9 Å². The molecule has 1 amide bonds. The molecule has 3 N–H and O–H groups in total. The lowest BCUT2D eigenvalue weighted by atomic mass is 9.83. The summed E-state index contributed by atoms with van der Waals surface area (Å²) in [6.07, 6.45) is 6.75. The number of nitrogens with one attached hydrogen (secondary N) is 1. The lowest BCUT2D eigenvalue weighted by molar-refractivity contribution is -0.117. The van der Waals surface area contributed by atoms with E-state index in [1.165, 1.54) is 12.8 Å². The summed E-state index contributed by atoms with van der Waals surface area (Å²) in [5.74, 6) is 0.379. The third kappa shape index (κ3) is 3.29. The monoisotopic (exact) mass is 247 g/mol. The standard InChI is InChI=1S/C14H21N3O/c1-10-13(7-4-8-16-10)17-14(18)9-11-5-2-3-6-12(11)15/h4,7-8,11-12H,2-3,5-6,9,15H2,1H3,(H,17,18). The van der Waals surface area contributed by atoms with Crippen molar-refractivity contribution in [1.82, 2.24) is 4.98 Å². The van der Waals surface area contributed by atoms with E-state index in [2.05, 4.69) is 10.3 Å². The summed E-state index contributed by atoms with van der Waals surface area (Å²) in [4.78, 5) is 16.1. The highest BCUT2D eigenvalue weighted by molar-refractivity contribution is 5.91. The number of amides is 1. The van der Waals surface area contributed by atoms with E-state index in [4.69, 9.17) is 5.73 Å². The van der Waals surface area contributed by atoms with Crippen molar-refractivity contribution in [2.24, 2.45) is 11.7 Å². The van der Waals surface area contributed by atoms with Crippen molar-refractivity contribution in [2.75, 3.05) is 5.32 Å². The van der Waals surface area contributed by atoms with Crippen LogP contribution in [0, 0.1) is 12.8 Å². The second-order valence-electron chi connectivity index (χ2n) is 5.10. The minimum atomic E-state index is 0.0495. The molecular formula is C14H21N3O. The van der Waals surface area contributed by atoms with Gasteiger partial charge < -0.3 is 11.1 Å². The molecule has 1 aromatic heterocycles. The van der Waals surface area contributed by atoms with Gasteiger partial charge in [-0.1, -0.05) is 12.8 Å². The molecule has 1 aliphatic carbocycles. The maximum absolute atomic E-state index is 12.0. The second-order valence-corrected chi connectivity index (χ2v) is 5.10. The van der Waals surface area contributed by atoms with Crippen LogP contribution in [0.5, 0.6) is 0 Å². The smallest absolute Gasteiger partial charge is 0.224 e. The summed E-state index contributed by atoms with van der Waals surface area (Å²) in [5, 5.41) is 2.92. The van der Waals surface area contributed by atoms with Gasteiger partial charge in [-0.15, -0.1) is 0 Å². The molecule has 18 heavy (non-hydrogen) atoms. The maximum Gasteiger partial charge on any atom is 0.224 e. The van der Waals surface area contributed by atoms with Gasteiger partial charge in [0, 0.05) is 18.7 Å². The molecule has 1 aliphatic rings. The first kappa shape index (κ1) is 13.0. The van der Waals surface area contributed by atoms with E-state index in [-0.39, 0.29) is 11.9 Å². The number of anilines is 1. The average molecular weight is 247 g/mol. The van der Waals surface area contributed by atoms with Gasteiger partial charge in [0.1, 0.15) is 0 Å². The third-order valence-electron chi connectivity index (χ3n) is 3.70. The molecule has 0 aromatic carbocycles. The van der Waals surface area contributed by atoms with Crippen LogP contribution in [0.2, 0.25) is 0 Å². The number of nitrogens with zero attached hydrogens (tertiary/aromatic N) is 1. The fourth-order valence-electron chi connectivity index (χ4n) is 2.55. The first-order chi connectivity index (χ1) is 8.66.